The molecule has 0 aliphatic rings. The number of benzene rings is 1. The Morgan fingerprint density at radius 1 is 1.19 bits per heavy atom. The molecule has 106 valence electrons. The van der Waals surface area contributed by atoms with Gasteiger partial charge in [-0.3, -0.25) is 4.98 Å². The number of ether oxygens (including phenoxy) is 1. The van der Waals surface area contributed by atoms with E-state index in [1.807, 2.05) is 37.3 Å². The standard InChI is InChI=1S/C14H14N6O/c1-2-21-14-19-12(15)18-13(20-14)17-10-5-6-11-9(8-10)4-3-7-16-11/h3-8H,2H2,1H3,(H3,15,17,18,19,20). The van der Waals surface area contributed by atoms with Crippen molar-refractivity contribution in [3.05, 3.63) is 36.5 Å². The fraction of sp³-hybridized carbons (Fsp3) is 0.143. The van der Waals surface area contributed by atoms with Crippen LogP contribution in [0.1, 0.15) is 6.92 Å². The molecule has 3 rings (SSSR count). The van der Waals surface area contributed by atoms with Crippen LogP contribution in [0.4, 0.5) is 17.6 Å². The minimum Gasteiger partial charge on any atom is -0.464 e. The molecule has 0 atom stereocenters. The molecule has 7 heteroatoms. The van der Waals surface area contributed by atoms with E-state index in [1.54, 1.807) is 6.20 Å². The van der Waals surface area contributed by atoms with Crippen LogP contribution in [-0.2, 0) is 0 Å². The number of nitrogens with one attached hydrogen (secondary N) is 1. The van der Waals surface area contributed by atoms with E-state index >= 15 is 0 Å². The van der Waals surface area contributed by atoms with Gasteiger partial charge in [0.2, 0.25) is 11.9 Å². The van der Waals surface area contributed by atoms with Gasteiger partial charge in [0, 0.05) is 17.3 Å². The van der Waals surface area contributed by atoms with Gasteiger partial charge in [0.25, 0.3) is 0 Å². The second-order valence-electron chi connectivity index (χ2n) is 4.27. The summed E-state index contributed by atoms with van der Waals surface area (Å²) in [7, 11) is 0. The van der Waals surface area contributed by atoms with E-state index in [9.17, 15) is 0 Å². The number of aromatic nitrogens is 4. The maximum absolute atomic E-state index is 5.64. The molecule has 0 aliphatic heterocycles. The predicted octanol–water partition coefficient (Wildman–Crippen LogP) is 2.14. The van der Waals surface area contributed by atoms with Crippen LogP contribution in [-0.4, -0.2) is 26.5 Å². The molecule has 21 heavy (non-hydrogen) atoms. The molecule has 2 aromatic heterocycles. The average Bonchev–Trinajstić information content (AvgIpc) is 2.47. The van der Waals surface area contributed by atoms with Gasteiger partial charge in [0.05, 0.1) is 12.1 Å². The molecule has 0 radical (unpaired) electrons. The van der Waals surface area contributed by atoms with Crippen molar-refractivity contribution in [2.24, 2.45) is 0 Å². The highest BCUT2D eigenvalue weighted by Crippen LogP contribution is 2.20. The van der Waals surface area contributed by atoms with Crippen molar-refractivity contribution in [1.29, 1.82) is 0 Å². The van der Waals surface area contributed by atoms with E-state index in [4.69, 9.17) is 10.5 Å². The average molecular weight is 282 g/mol. The molecule has 3 N–H and O–H groups in total. The Hall–Kier alpha value is -2.96. The lowest BCUT2D eigenvalue weighted by atomic mass is 10.2. The molecule has 0 fully saturated rings. The summed E-state index contributed by atoms with van der Waals surface area (Å²) in [6, 6.07) is 9.86. The Balaban J connectivity index is 1.90. The number of nitrogens with two attached hydrogens (primary N) is 1. The normalized spacial score (nSPS) is 10.5. The number of anilines is 3. The number of nitrogens with zero attached hydrogens (tertiary/aromatic N) is 4. The third-order valence-electron chi connectivity index (χ3n) is 2.76. The molecule has 2 heterocycles. The topological polar surface area (TPSA) is 98.8 Å². The van der Waals surface area contributed by atoms with Crippen molar-refractivity contribution in [2.45, 2.75) is 6.92 Å². The van der Waals surface area contributed by atoms with E-state index in [0.29, 0.717) is 12.6 Å². The molecule has 0 spiro atoms. The van der Waals surface area contributed by atoms with Crippen molar-refractivity contribution in [1.82, 2.24) is 19.9 Å². The van der Waals surface area contributed by atoms with E-state index in [2.05, 4.69) is 25.3 Å². The smallest absolute Gasteiger partial charge is 0.323 e. The minimum absolute atomic E-state index is 0.110. The summed E-state index contributed by atoms with van der Waals surface area (Å²) in [5, 5.41) is 4.11. The van der Waals surface area contributed by atoms with Crippen LogP contribution in [0.2, 0.25) is 0 Å². The fourth-order valence-corrected chi connectivity index (χ4v) is 1.90. The number of pyridine rings is 1. The SMILES string of the molecule is CCOc1nc(N)nc(Nc2ccc3ncccc3c2)n1. The Labute approximate surface area is 121 Å². The predicted molar refractivity (Wildman–Crippen MR) is 80.4 cm³/mol. The first kappa shape index (κ1) is 13.0. The molecule has 0 saturated carbocycles. The van der Waals surface area contributed by atoms with Gasteiger partial charge in [-0.2, -0.15) is 15.0 Å². The van der Waals surface area contributed by atoms with Gasteiger partial charge >= 0.3 is 6.01 Å². The Morgan fingerprint density at radius 2 is 2.10 bits per heavy atom. The summed E-state index contributed by atoms with van der Waals surface area (Å²) in [6.45, 7) is 2.31. The summed E-state index contributed by atoms with van der Waals surface area (Å²) in [5.41, 5.74) is 7.40. The Kier molecular flexibility index (Phi) is 3.46. The number of nitrogen functional groups attached to an aromatic ring is 1. The van der Waals surface area contributed by atoms with Gasteiger partial charge in [-0.1, -0.05) is 6.07 Å². The lowest BCUT2D eigenvalue weighted by Gasteiger charge is -2.08. The summed E-state index contributed by atoms with van der Waals surface area (Å²) >= 11 is 0. The molecule has 0 amide bonds. The quantitative estimate of drug-likeness (QED) is 0.756. The number of rotatable bonds is 4. The van der Waals surface area contributed by atoms with Crippen molar-refractivity contribution in [3.63, 3.8) is 0 Å². The van der Waals surface area contributed by atoms with Crippen LogP contribution in [0.3, 0.4) is 0 Å². The third kappa shape index (κ3) is 2.97. The molecular weight excluding hydrogens is 268 g/mol. The molecule has 3 aromatic rings. The van der Waals surface area contributed by atoms with Crippen molar-refractivity contribution in [2.75, 3.05) is 17.7 Å². The Morgan fingerprint density at radius 3 is 2.95 bits per heavy atom. The van der Waals surface area contributed by atoms with Gasteiger partial charge in [0.15, 0.2) is 0 Å². The van der Waals surface area contributed by atoms with Gasteiger partial charge in [-0.25, -0.2) is 0 Å². The molecular formula is C14H14N6O. The first-order valence-electron chi connectivity index (χ1n) is 6.51. The zero-order chi connectivity index (χ0) is 14.7. The lowest BCUT2D eigenvalue weighted by Crippen LogP contribution is -2.06. The number of hydrogen-bond acceptors (Lipinski definition) is 7. The number of hydrogen-bond donors (Lipinski definition) is 2. The fourth-order valence-electron chi connectivity index (χ4n) is 1.90. The zero-order valence-electron chi connectivity index (χ0n) is 11.4. The van der Waals surface area contributed by atoms with Crippen LogP contribution in [0.15, 0.2) is 36.5 Å². The highest BCUT2D eigenvalue weighted by molar-refractivity contribution is 5.82. The maximum atomic E-state index is 5.64. The molecule has 1 aromatic carbocycles. The van der Waals surface area contributed by atoms with Crippen molar-refractivity contribution in [3.8, 4) is 6.01 Å². The monoisotopic (exact) mass is 282 g/mol. The van der Waals surface area contributed by atoms with Gasteiger partial charge in [-0.05, 0) is 31.2 Å². The van der Waals surface area contributed by atoms with E-state index < -0.39 is 0 Å². The highest BCUT2D eigenvalue weighted by Gasteiger charge is 2.06. The lowest BCUT2D eigenvalue weighted by molar-refractivity contribution is 0.312. The van der Waals surface area contributed by atoms with Gasteiger partial charge in [0.1, 0.15) is 0 Å². The first-order chi connectivity index (χ1) is 10.2. The van der Waals surface area contributed by atoms with Gasteiger partial charge < -0.3 is 15.8 Å². The summed E-state index contributed by atoms with van der Waals surface area (Å²) < 4.78 is 5.24. The molecule has 7 nitrogen and oxygen atoms in total. The van der Waals surface area contributed by atoms with Crippen LogP contribution in [0.5, 0.6) is 6.01 Å². The highest BCUT2D eigenvalue weighted by atomic mass is 16.5. The third-order valence-corrected chi connectivity index (χ3v) is 2.76. The molecule has 0 bridgehead atoms. The molecule has 0 aliphatic carbocycles. The largest absolute Gasteiger partial charge is 0.464 e. The second kappa shape index (κ2) is 5.58. The van der Waals surface area contributed by atoms with E-state index in [0.717, 1.165) is 16.6 Å². The summed E-state index contributed by atoms with van der Waals surface area (Å²) in [5.74, 6) is 0.451. The minimum atomic E-state index is 0.110. The van der Waals surface area contributed by atoms with E-state index in [-0.39, 0.29) is 12.0 Å². The first-order valence-corrected chi connectivity index (χ1v) is 6.51. The summed E-state index contributed by atoms with van der Waals surface area (Å²) in [4.78, 5) is 16.4. The Bertz CT molecular complexity index is 776. The van der Waals surface area contributed by atoms with Crippen LogP contribution < -0.4 is 15.8 Å². The zero-order valence-corrected chi connectivity index (χ0v) is 11.4. The van der Waals surface area contributed by atoms with Crippen molar-refractivity contribution < 1.29 is 4.74 Å². The summed E-state index contributed by atoms with van der Waals surface area (Å²) in [6.07, 6.45) is 1.76. The second-order valence-corrected chi connectivity index (χ2v) is 4.27. The van der Waals surface area contributed by atoms with Crippen molar-refractivity contribution >= 4 is 28.5 Å². The molecule has 0 saturated heterocycles. The van der Waals surface area contributed by atoms with Crippen LogP contribution in [0, 0.1) is 0 Å². The molecule has 0 unspecified atom stereocenters. The maximum Gasteiger partial charge on any atom is 0.323 e. The van der Waals surface area contributed by atoms with Crippen LogP contribution >= 0.6 is 0 Å². The number of fused-ring (bicyclic) bond motifs is 1. The van der Waals surface area contributed by atoms with Gasteiger partial charge in [-0.15, -0.1) is 0 Å². The van der Waals surface area contributed by atoms with E-state index in [1.165, 1.54) is 0 Å². The van der Waals surface area contributed by atoms with Crippen LogP contribution in [0.25, 0.3) is 10.9 Å².